The molecule has 0 fully saturated rings. The molecule has 0 aliphatic rings. The largest absolute Gasteiger partial charge is 0.436 e. The van der Waals surface area contributed by atoms with Crippen molar-refractivity contribution in [3.63, 3.8) is 0 Å². The Morgan fingerprint density at radius 2 is 1.88 bits per heavy atom. The van der Waals surface area contributed by atoms with Gasteiger partial charge in [0.25, 0.3) is 5.91 Å². The first-order valence-corrected chi connectivity index (χ1v) is 4.98. The van der Waals surface area contributed by atoms with Crippen LogP contribution in [0.3, 0.4) is 0 Å². The lowest BCUT2D eigenvalue weighted by atomic mass is 10.4. The summed E-state index contributed by atoms with van der Waals surface area (Å²) in [6, 6.07) is -0.791. The van der Waals surface area contributed by atoms with Crippen molar-refractivity contribution in [2.45, 2.75) is 19.2 Å². The van der Waals surface area contributed by atoms with Crippen LogP contribution in [0, 0.1) is 0 Å². The summed E-state index contributed by atoms with van der Waals surface area (Å²) in [7, 11) is 3.75. The number of hydrogen-bond donors (Lipinski definition) is 3. The Labute approximate surface area is 112 Å². The lowest BCUT2D eigenvalue weighted by molar-refractivity contribution is -0.156. The lowest BCUT2D eigenvalue weighted by Gasteiger charge is -2.15. The molecule has 102 valence electrons. The summed E-state index contributed by atoms with van der Waals surface area (Å²) in [5.74, 6) is -1.23. The molecule has 0 aliphatic carbocycles. The SMILES string of the molecule is Br.CC(N)C(=O)OC(N)C(=O)NCCN(C)C. The highest BCUT2D eigenvalue weighted by atomic mass is 79.9. The first kappa shape index (κ1) is 18.7. The minimum absolute atomic E-state index is 0. The second-order valence-electron chi connectivity index (χ2n) is 3.74. The fourth-order valence-electron chi connectivity index (χ4n) is 0.789. The fourth-order valence-corrected chi connectivity index (χ4v) is 0.789. The Morgan fingerprint density at radius 3 is 2.29 bits per heavy atom. The monoisotopic (exact) mass is 312 g/mol. The van der Waals surface area contributed by atoms with Gasteiger partial charge in [-0.15, -0.1) is 17.0 Å². The molecule has 0 aliphatic heterocycles. The Bertz CT molecular complexity index is 248. The molecular formula is C9H21BrN4O3. The Morgan fingerprint density at radius 1 is 1.35 bits per heavy atom. The van der Waals surface area contributed by atoms with Gasteiger partial charge >= 0.3 is 5.97 Å². The fraction of sp³-hybridized carbons (Fsp3) is 0.778. The van der Waals surface area contributed by atoms with Crippen LogP contribution in [0.25, 0.3) is 0 Å². The summed E-state index contributed by atoms with van der Waals surface area (Å²) >= 11 is 0. The molecular weight excluding hydrogens is 292 g/mol. The van der Waals surface area contributed by atoms with E-state index in [0.717, 1.165) is 0 Å². The molecule has 0 aromatic heterocycles. The van der Waals surface area contributed by atoms with Gasteiger partial charge in [0.2, 0.25) is 6.23 Å². The average Bonchev–Trinajstić information content (AvgIpc) is 2.16. The molecule has 7 nitrogen and oxygen atoms in total. The molecule has 2 unspecified atom stereocenters. The molecule has 5 N–H and O–H groups in total. The quantitative estimate of drug-likeness (QED) is 0.403. The van der Waals surface area contributed by atoms with E-state index in [1.54, 1.807) is 0 Å². The zero-order valence-corrected chi connectivity index (χ0v) is 12.0. The first-order valence-electron chi connectivity index (χ1n) is 4.98. The van der Waals surface area contributed by atoms with Crippen LogP contribution >= 0.6 is 17.0 Å². The van der Waals surface area contributed by atoms with Crippen LogP contribution in [-0.4, -0.2) is 56.2 Å². The smallest absolute Gasteiger partial charge is 0.324 e. The molecule has 0 radical (unpaired) electrons. The van der Waals surface area contributed by atoms with Gasteiger partial charge in [0.1, 0.15) is 6.04 Å². The van der Waals surface area contributed by atoms with Crippen molar-refractivity contribution in [2.75, 3.05) is 27.2 Å². The number of nitrogens with zero attached hydrogens (tertiary/aromatic N) is 1. The maximum absolute atomic E-state index is 11.3. The molecule has 0 aromatic rings. The van der Waals surface area contributed by atoms with Crippen LogP contribution < -0.4 is 16.8 Å². The molecule has 1 amide bonds. The number of rotatable bonds is 6. The second kappa shape index (κ2) is 9.34. The number of nitrogens with one attached hydrogen (secondary N) is 1. The summed E-state index contributed by atoms with van der Waals surface area (Å²) in [5.41, 5.74) is 10.6. The zero-order chi connectivity index (χ0) is 12.7. The third-order valence-corrected chi connectivity index (χ3v) is 1.73. The molecule has 17 heavy (non-hydrogen) atoms. The highest BCUT2D eigenvalue weighted by Gasteiger charge is 2.19. The lowest BCUT2D eigenvalue weighted by Crippen LogP contribution is -2.47. The molecule has 0 heterocycles. The van der Waals surface area contributed by atoms with Crippen molar-refractivity contribution in [1.82, 2.24) is 10.2 Å². The van der Waals surface area contributed by atoms with E-state index in [0.29, 0.717) is 13.1 Å². The number of esters is 1. The van der Waals surface area contributed by atoms with Crippen LogP contribution in [0.4, 0.5) is 0 Å². The Balaban J connectivity index is 0. The van der Waals surface area contributed by atoms with Gasteiger partial charge in [0.05, 0.1) is 0 Å². The van der Waals surface area contributed by atoms with Gasteiger partial charge in [0, 0.05) is 13.1 Å². The number of likely N-dealkylation sites (N-methyl/N-ethyl adjacent to an activating group) is 1. The summed E-state index contributed by atoms with van der Waals surface area (Å²) < 4.78 is 4.62. The third-order valence-electron chi connectivity index (χ3n) is 1.73. The highest BCUT2D eigenvalue weighted by Crippen LogP contribution is 1.89. The molecule has 0 spiro atoms. The van der Waals surface area contributed by atoms with Gasteiger partial charge in [-0.2, -0.15) is 0 Å². The number of halogens is 1. The molecule has 0 saturated carbocycles. The van der Waals surface area contributed by atoms with E-state index in [4.69, 9.17) is 11.5 Å². The van der Waals surface area contributed by atoms with Crippen LogP contribution in [0.5, 0.6) is 0 Å². The summed E-state index contributed by atoms with van der Waals surface area (Å²) in [6.45, 7) is 2.58. The van der Waals surface area contributed by atoms with Gasteiger partial charge in [-0.05, 0) is 21.0 Å². The number of carbonyl (C=O) groups is 2. The van der Waals surface area contributed by atoms with Crippen molar-refractivity contribution in [2.24, 2.45) is 11.5 Å². The minimum atomic E-state index is -1.30. The van der Waals surface area contributed by atoms with Crippen LogP contribution in [0.2, 0.25) is 0 Å². The average molecular weight is 313 g/mol. The maximum Gasteiger partial charge on any atom is 0.324 e. The predicted octanol–water partition coefficient (Wildman–Crippen LogP) is -1.58. The van der Waals surface area contributed by atoms with Gasteiger partial charge in [-0.25, -0.2) is 0 Å². The van der Waals surface area contributed by atoms with Gasteiger partial charge in [-0.1, -0.05) is 0 Å². The Kier molecular flexibility index (Phi) is 10.3. The highest BCUT2D eigenvalue weighted by molar-refractivity contribution is 8.93. The van der Waals surface area contributed by atoms with Gasteiger partial charge in [-0.3, -0.25) is 15.3 Å². The second-order valence-corrected chi connectivity index (χ2v) is 3.74. The van der Waals surface area contributed by atoms with E-state index in [-0.39, 0.29) is 17.0 Å². The number of amides is 1. The number of ether oxygens (including phenoxy) is 1. The molecule has 0 rings (SSSR count). The van der Waals surface area contributed by atoms with E-state index >= 15 is 0 Å². The van der Waals surface area contributed by atoms with E-state index in [1.165, 1.54) is 6.92 Å². The molecule has 0 bridgehead atoms. The number of nitrogens with two attached hydrogens (primary N) is 2. The van der Waals surface area contributed by atoms with Crippen molar-refractivity contribution in [1.29, 1.82) is 0 Å². The molecule has 8 heteroatoms. The van der Waals surface area contributed by atoms with Crippen molar-refractivity contribution in [3.05, 3.63) is 0 Å². The minimum Gasteiger partial charge on any atom is -0.436 e. The van der Waals surface area contributed by atoms with E-state index < -0.39 is 24.1 Å². The van der Waals surface area contributed by atoms with E-state index in [9.17, 15) is 9.59 Å². The first-order chi connectivity index (χ1) is 7.34. The van der Waals surface area contributed by atoms with Crippen molar-refractivity contribution < 1.29 is 14.3 Å². The van der Waals surface area contributed by atoms with Crippen molar-refractivity contribution >= 4 is 28.9 Å². The molecule has 0 saturated heterocycles. The van der Waals surface area contributed by atoms with Crippen LogP contribution in [0.15, 0.2) is 0 Å². The van der Waals surface area contributed by atoms with Crippen molar-refractivity contribution in [3.8, 4) is 0 Å². The summed E-state index contributed by atoms with van der Waals surface area (Å²) in [5, 5.41) is 2.53. The zero-order valence-electron chi connectivity index (χ0n) is 10.3. The number of hydrogen-bond acceptors (Lipinski definition) is 6. The van der Waals surface area contributed by atoms with Crippen LogP contribution in [0.1, 0.15) is 6.92 Å². The normalized spacial score (nSPS) is 13.5. The summed E-state index contributed by atoms with van der Waals surface area (Å²) in [4.78, 5) is 24.2. The van der Waals surface area contributed by atoms with Gasteiger partial charge in [0.15, 0.2) is 0 Å². The maximum atomic E-state index is 11.3. The standard InChI is InChI=1S/C9H20N4O3.BrH/c1-6(10)9(15)16-7(11)8(14)12-4-5-13(2)3;/h6-7H,4-5,10-11H2,1-3H3,(H,12,14);1H. The Hall–Kier alpha value is -0.700. The molecule has 0 aromatic carbocycles. The predicted molar refractivity (Wildman–Crippen MR) is 69.6 cm³/mol. The molecule has 2 atom stereocenters. The summed E-state index contributed by atoms with van der Waals surface area (Å²) in [6.07, 6.45) is -1.30. The van der Waals surface area contributed by atoms with Gasteiger partial charge < -0.3 is 20.7 Å². The third kappa shape index (κ3) is 9.04. The van der Waals surface area contributed by atoms with Crippen LogP contribution in [-0.2, 0) is 14.3 Å². The number of carbonyl (C=O) groups excluding carboxylic acids is 2. The van der Waals surface area contributed by atoms with E-state index in [2.05, 4.69) is 10.1 Å². The van der Waals surface area contributed by atoms with E-state index in [1.807, 2.05) is 19.0 Å². The topological polar surface area (TPSA) is 111 Å².